The van der Waals surface area contributed by atoms with Crippen molar-refractivity contribution in [2.45, 2.75) is 13.5 Å². The second-order valence-corrected chi connectivity index (χ2v) is 6.92. The quantitative estimate of drug-likeness (QED) is 0.606. The van der Waals surface area contributed by atoms with E-state index in [1.165, 1.54) is 11.1 Å². The monoisotopic (exact) mass is 366 g/mol. The van der Waals surface area contributed by atoms with Crippen molar-refractivity contribution in [3.8, 4) is 5.75 Å². The van der Waals surface area contributed by atoms with Crippen molar-refractivity contribution >= 4 is 12.1 Å². The SMILES string of the molecule is Cc1ccc(CN2CCN(CC(=O)N/N=C\c3ccc(O)cc3)CC2)cc1. The lowest BCUT2D eigenvalue weighted by atomic mass is 10.1. The molecule has 142 valence electrons. The van der Waals surface area contributed by atoms with Crippen molar-refractivity contribution in [2.75, 3.05) is 32.7 Å². The maximum atomic E-state index is 12.0. The molecule has 6 nitrogen and oxygen atoms in total. The van der Waals surface area contributed by atoms with Crippen molar-refractivity contribution in [3.63, 3.8) is 0 Å². The minimum absolute atomic E-state index is 0.114. The first kappa shape index (κ1) is 19.1. The molecule has 1 fully saturated rings. The molecule has 1 aliphatic heterocycles. The molecule has 3 rings (SSSR count). The van der Waals surface area contributed by atoms with Crippen LogP contribution in [0, 0.1) is 6.92 Å². The molecule has 0 bridgehead atoms. The smallest absolute Gasteiger partial charge is 0.254 e. The summed E-state index contributed by atoms with van der Waals surface area (Å²) < 4.78 is 0. The van der Waals surface area contributed by atoms with E-state index in [9.17, 15) is 9.90 Å². The lowest BCUT2D eigenvalue weighted by Crippen LogP contribution is -2.48. The number of hydrogen-bond donors (Lipinski definition) is 2. The Kier molecular flexibility index (Phi) is 6.57. The lowest BCUT2D eigenvalue weighted by molar-refractivity contribution is -0.122. The predicted octanol–water partition coefficient (Wildman–Crippen LogP) is 1.97. The first-order valence-electron chi connectivity index (χ1n) is 9.20. The van der Waals surface area contributed by atoms with E-state index in [2.05, 4.69) is 51.5 Å². The molecule has 2 N–H and O–H groups in total. The Hall–Kier alpha value is -2.70. The van der Waals surface area contributed by atoms with Gasteiger partial charge in [-0.2, -0.15) is 5.10 Å². The van der Waals surface area contributed by atoms with Crippen molar-refractivity contribution in [2.24, 2.45) is 5.10 Å². The third-order valence-corrected chi connectivity index (χ3v) is 4.65. The third kappa shape index (κ3) is 6.20. The highest BCUT2D eigenvalue weighted by atomic mass is 16.3. The van der Waals surface area contributed by atoms with Gasteiger partial charge in [0.05, 0.1) is 12.8 Å². The minimum atomic E-state index is -0.114. The van der Waals surface area contributed by atoms with Crippen LogP contribution >= 0.6 is 0 Å². The molecule has 0 aromatic heterocycles. The topological polar surface area (TPSA) is 68.2 Å². The van der Waals surface area contributed by atoms with E-state index in [1.54, 1.807) is 30.5 Å². The van der Waals surface area contributed by atoms with Gasteiger partial charge in [-0.1, -0.05) is 29.8 Å². The lowest BCUT2D eigenvalue weighted by Gasteiger charge is -2.34. The molecule has 1 amide bonds. The number of amides is 1. The molecular weight excluding hydrogens is 340 g/mol. The average molecular weight is 366 g/mol. The van der Waals surface area contributed by atoms with Gasteiger partial charge in [-0.25, -0.2) is 5.43 Å². The maximum Gasteiger partial charge on any atom is 0.254 e. The highest BCUT2D eigenvalue weighted by Gasteiger charge is 2.18. The summed E-state index contributed by atoms with van der Waals surface area (Å²) >= 11 is 0. The van der Waals surface area contributed by atoms with Crippen molar-refractivity contribution < 1.29 is 9.90 Å². The summed E-state index contributed by atoms with van der Waals surface area (Å²) in [6.07, 6.45) is 1.57. The van der Waals surface area contributed by atoms with Crippen LogP contribution in [0.2, 0.25) is 0 Å². The summed E-state index contributed by atoms with van der Waals surface area (Å²) in [7, 11) is 0. The minimum Gasteiger partial charge on any atom is -0.508 e. The molecule has 0 aliphatic carbocycles. The van der Waals surface area contributed by atoms with E-state index in [-0.39, 0.29) is 11.7 Å². The standard InChI is InChI=1S/C21H26N4O2/c1-17-2-4-19(5-3-17)15-24-10-12-25(13-11-24)16-21(27)23-22-14-18-6-8-20(26)9-7-18/h2-9,14,26H,10-13,15-16H2,1H3,(H,23,27)/b22-14-. The summed E-state index contributed by atoms with van der Waals surface area (Å²) in [5, 5.41) is 13.2. The molecule has 0 unspecified atom stereocenters. The Morgan fingerprint density at radius 2 is 1.67 bits per heavy atom. The highest BCUT2D eigenvalue weighted by Crippen LogP contribution is 2.10. The fraction of sp³-hybridized carbons (Fsp3) is 0.333. The molecular formula is C21H26N4O2. The highest BCUT2D eigenvalue weighted by molar-refractivity contribution is 5.83. The number of rotatable bonds is 6. The van der Waals surface area contributed by atoms with Crippen LogP contribution in [-0.4, -0.2) is 59.8 Å². The maximum absolute atomic E-state index is 12.0. The van der Waals surface area contributed by atoms with E-state index in [0.29, 0.717) is 6.54 Å². The van der Waals surface area contributed by atoms with E-state index >= 15 is 0 Å². The van der Waals surface area contributed by atoms with Crippen LogP contribution in [0.25, 0.3) is 0 Å². The number of nitrogens with zero attached hydrogens (tertiary/aromatic N) is 3. The zero-order valence-electron chi connectivity index (χ0n) is 15.6. The van der Waals surface area contributed by atoms with Crippen LogP contribution in [0.5, 0.6) is 5.75 Å². The number of phenolic OH excluding ortho intramolecular Hbond substituents is 1. The summed E-state index contributed by atoms with van der Waals surface area (Å²) in [6.45, 7) is 7.07. The van der Waals surface area contributed by atoms with E-state index in [0.717, 1.165) is 38.3 Å². The number of nitrogens with one attached hydrogen (secondary N) is 1. The van der Waals surface area contributed by atoms with Crippen molar-refractivity contribution in [1.82, 2.24) is 15.2 Å². The molecule has 0 atom stereocenters. The molecule has 1 aliphatic rings. The zero-order chi connectivity index (χ0) is 19.1. The number of hydrazone groups is 1. The van der Waals surface area contributed by atoms with Gasteiger partial charge in [0.15, 0.2) is 0 Å². The van der Waals surface area contributed by atoms with Crippen molar-refractivity contribution in [3.05, 3.63) is 65.2 Å². The fourth-order valence-corrected chi connectivity index (χ4v) is 3.03. The summed E-state index contributed by atoms with van der Waals surface area (Å²) in [6, 6.07) is 15.3. The number of piperazine rings is 1. The number of phenols is 1. The van der Waals surface area contributed by atoms with Crippen LogP contribution in [-0.2, 0) is 11.3 Å². The van der Waals surface area contributed by atoms with Gasteiger partial charge >= 0.3 is 0 Å². The second-order valence-electron chi connectivity index (χ2n) is 6.92. The van der Waals surface area contributed by atoms with Crippen molar-refractivity contribution in [1.29, 1.82) is 0 Å². The first-order chi connectivity index (χ1) is 13.1. The molecule has 0 saturated carbocycles. The van der Waals surface area contributed by atoms with E-state index < -0.39 is 0 Å². The van der Waals surface area contributed by atoms with Gasteiger partial charge in [0.25, 0.3) is 5.91 Å². The van der Waals surface area contributed by atoms with Gasteiger partial charge in [-0.3, -0.25) is 14.6 Å². The summed E-state index contributed by atoms with van der Waals surface area (Å²) in [5.41, 5.74) is 5.99. The molecule has 27 heavy (non-hydrogen) atoms. The van der Waals surface area contributed by atoms with Crippen LogP contribution in [0.4, 0.5) is 0 Å². The van der Waals surface area contributed by atoms with Gasteiger partial charge in [0, 0.05) is 32.7 Å². The third-order valence-electron chi connectivity index (χ3n) is 4.65. The molecule has 6 heteroatoms. The van der Waals surface area contributed by atoms with Crippen LogP contribution in [0.1, 0.15) is 16.7 Å². The summed E-state index contributed by atoms with van der Waals surface area (Å²) in [4.78, 5) is 16.6. The van der Waals surface area contributed by atoms with Gasteiger partial charge in [-0.15, -0.1) is 0 Å². The average Bonchev–Trinajstić information content (AvgIpc) is 2.67. The number of carbonyl (C=O) groups excluding carboxylic acids is 1. The van der Waals surface area contributed by atoms with E-state index in [1.807, 2.05) is 0 Å². The van der Waals surface area contributed by atoms with E-state index in [4.69, 9.17) is 0 Å². The normalized spacial score (nSPS) is 15.9. The Bertz CT molecular complexity index is 764. The summed E-state index contributed by atoms with van der Waals surface area (Å²) in [5.74, 6) is 0.0923. The zero-order valence-corrected chi connectivity index (χ0v) is 15.6. The Morgan fingerprint density at radius 3 is 2.33 bits per heavy atom. The second kappa shape index (κ2) is 9.30. The van der Waals surface area contributed by atoms with Gasteiger partial charge < -0.3 is 5.11 Å². The number of benzene rings is 2. The Labute approximate surface area is 160 Å². The van der Waals surface area contributed by atoms with Crippen LogP contribution < -0.4 is 5.43 Å². The largest absolute Gasteiger partial charge is 0.508 e. The number of aromatic hydroxyl groups is 1. The van der Waals surface area contributed by atoms with Crippen LogP contribution in [0.15, 0.2) is 53.6 Å². The molecule has 0 spiro atoms. The fourth-order valence-electron chi connectivity index (χ4n) is 3.03. The molecule has 2 aromatic rings. The Balaban J connectivity index is 1.37. The molecule has 1 saturated heterocycles. The van der Waals surface area contributed by atoms with Gasteiger partial charge in [0.1, 0.15) is 5.75 Å². The first-order valence-corrected chi connectivity index (χ1v) is 9.20. The Morgan fingerprint density at radius 1 is 1.04 bits per heavy atom. The molecule has 2 aromatic carbocycles. The number of carbonyl (C=O) groups is 1. The number of hydrogen-bond acceptors (Lipinski definition) is 5. The van der Waals surface area contributed by atoms with Gasteiger partial charge in [-0.05, 0) is 42.3 Å². The van der Waals surface area contributed by atoms with Gasteiger partial charge in [0.2, 0.25) is 0 Å². The molecule has 1 heterocycles. The predicted molar refractivity (Wildman–Crippen MR) is 107 cm³/mol. The number of aryl methyl sites for hydroxylation is 1. The molecule has 0 radical (unpaired) electrons. The van der Waals surface area contributed by atoms with Crippen LogP contribution in [0.3, 0.4) is 0 Å².